The van der Waals surface area contributed by atoms with Crippen LogP contribution in [0.1, 0.15) is 89.3 Å². The molecule has 3 unspecified atom stereocenters. The van der Waals surface area contributed by atoms with Gasteiger partial charge in [0.05, 0.1) is 11.1 Å². The Balaban J connectivity index is 0.754. The molecule has 1 N–H and O–H groups in total. The first-order chi connectivity index (χ1) is 28.8. The van der Waals surface area contributed by atoms with Crippen LogP contribution >= 0.6 is 0 Å². The number of hydrogen-bond donors (Lipinski definition) is 1. The molecule has 10 rings (SSSR count). The van der Waals surface area contributed by atoms with Gasteiger partial charge in [-0.1, -0.05) is 79.7 Å². The molecule has 0 aromatic heterocycles. The molecule has 6 heterocycles. The predicted molar refractivity (Wildman–Crippen MR) is 229 cm³/mol. The summed E-state index contributed by atoms with van der Waals surface area (Å²) in [5.41, 5.74) is 7.89. The Morgan fingerprint density at radius 3 is 2.07 bits per heavy atom. The summed E-state index contributed by atoms with van der Waals surface area (Å²) in [7, 11) is 0. The number of nitrogens with one attached hydrogen (secondary N) is 1. The number of rotatable bonds is 12. The van der Waals surface area contributed by atoms with Crippen LogP contribution in [0.5, 0.6) is 5.75 Å². The summed E-state index contributed by atoms with van der Waals surface area (Å²) in [6.07, 6.45) is 5.84. The van der Waals surface area contributed by atoms with Gasteiger partial charge >= 0.3 is 0 Å². The van der Waals surface area contributed by atoms with Crippen molar-refractivity contribution in [2.24, 2.45) is 5.92 Å². The maximum Gasteiger partial charge on any atom is 0.262 e. The first-order valence-electron chi connectivity index (χ1n) is 21.5. The second kappa shape index (κ2) is 17.0. The smallest absolute Gasteiger partial charge is 0.262 e. The van der Waals surface area contributed by atoms with E-state index in [1.165, 1.54) is 47.1 Å². The number of imide groups is 2. The zero-order valence-corrected chi connectivity index (χ0v) is 33.9. The highest BCUT2D eigenvalue weighted by molar-refractivity contribution is 6.23. The largest absolute Gasteiger partial charge is 0.492 e. The molecule has 6 aliphatic rings. The monoisotopic (exact) mass is 791 g/mol. The lowest BCUT2D eigenvalue weighted by molar-refractivity contribution is -0.136. The lowest BCUT2D eigenvalue weighted by Gasteiger charge is -2.53. The fraction of sp³-hybridized carbons (Fsp3) is 0.388. The molecular formula is C49H53N5O5. The van der Waals surface area contributed by atoms with Gasteiger partial charge in [0, 0.05) is 50.4 Å². The number of carbonyl (C=O) groups is 4. The van der Waals surface area contributed by atoms with Crippen LogP contribution in [0.2, 0.25) is 0 Å². The number of carbonyl (C=O) groups excluding carboxylic acids is 4. The lowest BCUT2D eigenvalue weighted by Crippen LogP contribution is -2.63. The summed E-state index contributed by atoms with van der Waals surface area (Å²) in [4.78, 5) is 59.6. The average Bonchev–Trinajstić information content (AvgIpc) is 3.52. The van der Waals surface area contributed by atoms with Crippen LogP contribution in [0.3, 0.4) is 0 Å². The zero-order chi connectivity index (χ0) is 40.5. The summed E-state index contributed by atoms with van der Waals surface area (Å²) in [5, 5.41) is 2.27. The van der Waals surface area contributed by atoms with E-state index in [9.17, 15) is 19.2 Å². The number of likely N-dealkylation sites (tertiary alicyclic amines) is 1. The number of amides is 4. The Hall–Kier alpha value is -5.58. The van der Waals surface area contributed by atoms with Crippen LogP contribution in [0.4, 0.5) is 5.69 Å². The van der Waals surface area contributed by atoms with Crippen molar-refractivity contribution in [1.29, 1.82) is 0 Å². The van der Waals surface area contributed by atoms with E-state index in [-0.39, 0.29) is 18.7 Å². The molecule has 5 fully saturated rings. The van der Waals surface area contributed by atoms with E-state index in [0.717, 1.165) is 68.4 Å². The third-order valence-corrected chi connectivity index (χ3v) is 13.3. The molecule has 4 aromatic carbocycles. The second-order valence-corrected chi connectivity index (χ2v) is 16.8. The van der Waals surface area contributed by atoms with Crippen LogP contribution < -0.4 is 15.0 Å². The number of allylic oxidation sites excluding steroid dienone is 1. The van der Waals surface area contributed by atoms with Crippen LogP contribution in [-0.4, -0.2) is 102 Å². The number of hydrogen-bond acceptors (Lipinski definition) is 8. The van der Waals surface area contributed by atoms with Crippen molar-refractivity contribution >= 4 is 40.5 Å². The Morgan fingerprint density at radius 1 is 0.712 bits per heavy atom. The van der Waals surface area contributed by atoms with E-state index in [0.29, 0.717) is 35.7 Å². The van der Waals surface area contributed by atoms with Gasteiger partial charge in [0.15, 0.2) is 0 Å². The molecule has 10 heteroatoms. The SMILES string of the molecule is CCC(=C(c1ccccc1)c1ccc(OCCN2CCC(CN3CC4CCC3CN4c3ccc4c(c3)C(=O)N(C3CCC(=O)NC3=O)C4=O)CC2)cc1)c1ccccc1. The van der Waals surface area contributed by atoms with Gasteiger partial charge in [0.1, 0.15) is 18.4 Å². The number of nitrogens with zero attached hydrogens (tertiary/aromatic N) is 4. The minimum Gasteiger partial charge on any atom is -0.492 e. The average molecular weight is 792 g/mol. The van der Waals surface area contributed by atoms with Gasteiger partial charge in [-0.3, -0.25) is 39.2 Å². The standard InChI is InChI=1S/C49H53N5O5/c1-2-41(34-9-5-3-6-10-34)46(35-11-7-4-8-12-35)36-13-18-40(19-14-36)59-28-27-51-25-23-33(24-26-51)30-52-31-39-16-15-38(52)32-53(39)37-17-20-42-43(29-37)49(58)54(48(42)57)44-21-22-45(55)50-47(44)56/h3-14,17-20,29,33,38-39,44H,2,15-16,21-28,30-32H2,1H3,(H,50,55,56). The predicted octanol–water partition coefficient (Wildman–Crippen LogP) is 6.90. The molecule has 0 spiro atoms. The Kier molecular flexibility index (Phi) is 11.2. The zero-order valence-electron chi connectivity index (χ0n) is 33.9. The van der Waals surface area contributed by atoms with Crippen molar-refractivity contribution in [3.8, 4) is 5.75 Å². The van der Waals surface area contributed by atoms with E-state index in [1.54, 1.807) is 6.07 Å². The van der Waals surface area contributed by atoms with Gasteiger partial charge in [-0.25, -0.2) is 0 Å². The molecule has 59 heavy (non-hydrogen) atoms. The summed E-state index contributed by atoms with van der Waals surface area (Å²) in [6, 6.07) is 35.3. The Morgan fingerprint density at radius 2 is 1.39 bits per heavy atom. The molecule has 10 nitrogen and oxygen atoms in total. The van der Waals surface area contributed by atoms with E-state index < -0.39 is 23.8 Å². The van der Waals surface area contributed by atoms with E-state index in [2.05, 4.69) is 112 Å². The number of piperidine rings is 4. The van der Waals surface area contributed by atoms with E-state index >= 15 is 0 Å². The van der Waals surface area contributed by atoms with Gasteiger partial charge < -0.3 is 9.64 Å². The van der Waals surface area contributed by atoms with Crippen LogP contribution in [0, 0.1) is 5.92 Å². The first kappa shape index (κ1) is 38.9. The Labute approximate surface area is 346 Å². The minimum absolute atomic E-state index is 0.109. The molecule has 3 atom stereocenters. The maximum atomic E-state index is 13.5. The van der Waals surface area contributed by atoms with Gasteiger partial charge in [0.25, 0.3) is 11.8 Å². The Bertz CT molecular complexity index is 2230. The van der Waals surface area contributed by atoms with Gasteiger partial charge in [-0.15, -0.1) is 0 Å². The molecule has 2 bridgehead atoms. The number of ether oxygens (including phenoxy) is 1. The van der Waals surface area contributed by atoms with Crippen molar-refractivity contribution in [2.45, 2.75) is 70.0 Å². The van der Waals surface area contributed by atoms with Gasteiger partial charge in [0.2, 0.25) is 11.8 Å². The van der Waals surface area contributed by atoms with Gasteiger partial charge in [-0.05, 0) is 116 Å². The molecule has 0 aliphatic carbocycles. The van der Waals surface area contributed by atoms with Crippen molar-refractivity contribution in [1.82, 2.24) is 20.0 Å². The fourth-order valence-electron chi connectivity index (χ4n) is 10.1. The number of benzene rings is 4. The third kappa shape index (κ3) is 7.96. The minimum atomic E-state index is -0.955. The van der Waals surface area contributed by atoms with Crippen LogP contribution in [-0.2, 0) is 9.59 Å². The number of anilines is 1. The van der Waals surface area contributed by atoms with Crippen molar-refractivity contribution in [3.05, 3.63) is 131 Å². The third-order valence-electron chi connectivity index (χ3n) is 13.3. The van der Waals surface area contributed by atoms with Crippen molar-refractivity contribution in [2.75, 3.05) is 50.8 Å². The highest BCUT2D eigenvalue weighted by Gasteiger charge is 2.46. The van der Waals surface area contributed by atoms with E-state index in [4.69, 9.17) is 4.74 Å². The molecule has 304 valence electrons. The fourth-order valence-corrected chi connectivity index (χ4v) is 10.1. The number of piperazine rings is 1. The maximum absolute atomic E-state index is 13.5. The van der Waals surface area contributed by atoms with E-state index in [1.807, 2.05) is 12.1 Å². The highest BCUT2D eigenvalue weighted by atomic mass is 16.5. The summed E-state index contributed by atoms with van der Waals surface area (Å²) < 4.78 is 6.29. The molecule has 6 aliphatic heterocycles. The second-order valence-electron chi connectivity index (χ2n) is 16.8. The molecule has 4 aromatic rings. The molecular weight excluding hydrogens is 739 g/mol. The summed E-state index contributed by atoms with van der Waals surface area (Å²) in [5.74, 6) is -0.301. The molecule has 0 saturated carbocycles. The summed E-state index contributed by atoms with van der Waals surface area (Å²) >= 11 is 0. The quantitative estimate of drug-likeness (QED) is 0.122. The first-order valence-corrected chi connectivity index (χ1v) is 21.5. The van der Waals surface area contributed by atoms with Gasteiger partial charge in [-0.2, -0.15) is 0 Å². The summed E-state index contributed by atoms with van der Waals surface area (Å²) in [6.45, 7) is 9.00. The van der Waals surface area contributed by atoms with Crippen molar-refractivity contribution < 1.29 is 23.9 Å². The molecule has 4 amide bonds. The molecule has 5 saturated heterocycles. The van der Waals surface area contributed by atoms with Crippen LogP contribution in [0.15, 0.2) is 103 Å². The van der Waals surface area contributed by atoms with Crippen molar-refractivity contribution in [3.63, 3.8) is 0 Å². The highest BCUT2D eigenvalue weighted by Crippen LogP contribution is 2.38. The topological polar surface area (TPSA) is 102 Å². The molecule has 0 radical (unpaired) electrons. The normalized spacial score (nSPS) is 23.0. The van der Waals surface area contributed by atoms with Crippen LogP contribution in [0.25, 0.3) is 11.1 Å². The lowest BCUT2D eigenvalue weighted by atomic mass is 9.87. The number of fused-ring (bicyclic) bond motifs is 4.